The first-order valence-corrected chi connectivity index (χ1v) is 10.2. The van der Waals surface area contributed by atoms with Gasteiger partial charge in [-0.05, 0) is 44.8 Å². The second-order valence-corrected chi connectivity index (χ2v) is 8.23. The Balaban J connectivity index is 1.40. The van der Waals surface area contributed by atoms with E-state index in [-0.39, 0.29) is 29.1 Å². The first kappa shape index (κ1) is 17.0. The highest BCUT2D eigenvalue weighted by molar-refractivity contribution is 7.99. The maximum Gasteiger partial charge on any atom is 0.243 e. The van der Waals surface area contributed by atoms with Crippen LogP contribution in [0, 0.1) is 5.92 Å². The summed E-state index contributed by atoms with van der Waals surface area (Å²) >= 11 is 1.65. The number of likely N-dealkylation sites (tertiary alicyclic amines) is 1. The van der Waals surface area contributed by atoms with Crippen LogP contribution in [0.25, 0.3) is 0 Å². The van der Waals surface area contributed by atoms with Crippen LogP contribution in [0.15, 0.2) is 23.0 Å². The van der Waals surface area contributed by atoms with Gasteiger partial charge in [0.15, 0.2) is 0 Å². The Hall–Kier alpha value is -1.47. The molecule has 2 unspecified atom stereocenters. The lowest BCUT2D eigenvalue weighted by molar-refractivity contribution is -0.140. The third-order valence-electron chi connectivity index (χ3n) is 5.24. The van der Waals surface area contributed by atoms with E-state index in [1.165, 1.54) is 12.8 Å². The summed E-state index contributed by atoms with van der Waals surface area (Å²) in [6.45, 7) is 3.81. The van der Waals surface area contributed by atoms with Gasteiger partial charge in [-0.15, -0.1) is 11.8 Å². The van der Waals surface area contributed by atoms with Gasteiger partial charge in [0.25, 0.3) is 0 Å². The molecule has 0 bridgehead atoms. The van der Waals surface area contributed by atoms with Crippen LogP contribution in [0.5, 0.6) is 0 Å². The summed E-state index contributed by atoms with van der Waals surface area (Å²) in [6.07, 6.45) is 7.70. The largest absolute Gasteiger partial charge is 0.472 e. The maximum absolute atomic E-state index is 12.8. The fraction of sp³-hybridized carbons (Fsp3) is 0.667. The summed E-state index contributed by atoms with van der Waals surface area (Å²) in [5, 5.41) is 2.94. The molecule has 3 aliphatic rings. The van der Waals surface area contributed by atoms with Crippen molar-refractivity contribution < 1.29 is 14.0 Å². The fourth-order valence-corrected chi connectivity index (χ4v) is 5.07. The Kier molecular flexibility index (Phi) is 5.03. The summed E-state index contributed by atoms with van der Waals surface area (Å²) < 4.78 is 5.19. The molecule has 0 spiro atoms. The second kappa shape index (κ2) is 7.41. The molecule has 7 heteroatoms. The average molecular weight is 363 g/mol. The fourth-order valence-electron chi connectivity index (χ4n) is 3.65. The molecule has 2 saturated heterocycles. The first-order chi connectivity index (χ1) is 12.2. The van der Waals surface area contributed by atoms with Gasteiger partial charge < -0.3 is 19.5 Å². The summed E-state index contributed by atoms with van der Waals surface area (Å²) in [5.74, 6) is 0.847. The summed E-state index contributed by atoms with van der Waals surface area (Å²) in [7, 11) is 0. The van der Waals surface area contributed by atoms with E-state index in [1.807, 2.05) is 6.07 Å². The number of hydrogen-bond donors (Lipinski definition) is 1. The van der Waals surface area contributed by atoms with E-state index in [2.05, 4.69) is 10.2 Å². The molecule has 1 aliphatic carbocycles. The predicted molar refractivity (Wildman–Crippen MR) is 95.9 cm³/mol. The van der Waals surface area contributed by atoms with Crippen molar-refractivity contribution in [1.29, 1.82) is 0 Å². The molecule has 1 saturated carbocycles. The molecule has 0 aromatic carbocycles. The van der Waals surface area contributed by atoms with Crippen molar-refractivity contribution >= 4 is 23.6 Å². The number of carbonyl (C=O) groups is 2. The molecule has 6 nitrogen and oxygen atoms in total. The zero-order chi connectivity index (χ0) is 17.2. The van der Waals surface area contributed by atoms with Crippen molar-refractivity contribution in [2.75, 3.05) is 31.9 Å². The zero-order valence-electron chi connectivity index (χ0n) is 14.4. The Morgan fingerprint density at radius 1 is 1.28 bits per heavy atom. The highest BCUT2D eigenvalue weighted by Gasteiger charge is 2.46. The number of hydrogen-bond acceptors (Lipinski definition) is 5. The summed E-state index contributed by atoms with van der Waals surface area (Å²) in [6, 6.07) is 1.51. The van der Waals surface area contributed by atoms with Gasteiger partial charge in [-0.3, -0.25) is 9.59 Å². The molecule has 1 N–H and O–H groups in total. The van der Waals surface area contributed by atoms with Gasteiger partial charge in [0.2, 0.25) is 11.8 Å². The molecule has 2 amide bonds. The lowest BCUT2D eigenvalue weighted by atomic mass is 10.2. The number of amides is 2. The van der Waals surface area contributed by atoms with Gasteiger partial charge in [0.1, 0.15) is 11.4 Å². The first-order valence-electron chi connectivity index (χ1n) is 9.20. The highest BCUT2D eigenvalue weighted by Crippen LogP contribution is 2.45. The molecule has 1 aromatic heterocycles. The van der Waals surface area contributed by atoms with Crippen molar-refractivity contribution in [2.45, 2.75) is 37.1 Å². The van der Waals surface area contributed by atoms with Crippen molar-refractivity contribution in [3.05, 3.63) is 24.2 Å². The van der Waals surface area contributed by atoms with Crippen LogP contribution in [-0.2, 0) is 9.59 Å². The smallest absolute Gasteiger partial charge is 0.243 e. The number of nitrogens with one attached hydrogen (secondary N) is 1. The van der Waals surface area contributed by atoms with Crippen LogP contribution in [0.1, 0.15) is 36.6 Å². The molecular weight excluding hydrogens is 338 g/mol. The Labute approximate surface area is 152 Å². The molecule has 3 heterocycles. The Bertz CT molecular complexity index is 611. The quantitative estimate of drug-likeness (QED) is 0.835. The molecule has 2 aliphatic heterocycles. The SMILES string of the molecule is O=C(NCCN1CCCC1)C1CSC(c2ccoc2)N1C(=O)C1CC1. The van der Waals surface area contributed by atoms with Gasteiger partial charge in [-0.25, -0.2) is 0 Å². The van der Waals surface area contributed by atoms with Crippen molar-refractivity contribution in [2.24, 2.45) is 5.92 Å². The molecular formula is C18H25N3O3S. The van der Waals surface area contributed by atoms with Crippen LogP contribution >= 0.6 is 11.8 Å². The van der Waals surface area contributed by atoms with Crippen molar-refractivity contribution in [3.8, 4) is 0 Å². The van der Waals surface area contributed by atoms with E-state index in [0.717, 1.165) is 38.0 Å². The molecule has 1 aromatic rings. The number of carbonyl (C=O) groups excluding carboxylic acids is 2. The summed E-state index contributed by atoms with van der Waals surface area (Å²) in [4.78, 5) is 29.7. The number of furan rings is 1. The maximum atomic E-state index is 12.8. The van der Waals surface area contributed by atoms with E-state index in [4.69, 9.17) is 4.42 Å². The van der Waals surface area contributed by atoms with E-state index in [1.54, 1.807) is 29.2 Å². The van der Waals surface area contributed by atoms with Crippen LogP contribution in [-0.4, -0.2) is 59.6 Å². The summed E-state index contributed by atoms with van der Waals surface area (Å²) in [5.41, 5.74) is 0.964. The molecule has 136 valence electrons. The minimum absolute atomic E-state index is 0.0216. The Morgan fingerprint density at radius 3 is 2.76 bits per heavy atom. The lowest BCUT2D eigenvalue weighted by Crippen LogP contribution is -2.49. The van der Waals surface area contributed by atoms with Gasteiger partial charge in [0, 0.05) is 30.3 Å². The molecule has 4 rings (SSSR count). The minimum Gasteiger partial charge on any atom is -0.472 e. The standard InChI is InChI=1S/C18H25N3O3S/c22-16(19-6-9-20-7-1-2-8-20)15-12-25-18(14-5-10-24-11-14)21(15)17(23)13-3-4-13/h5,10-11,13,15,18H,1-4,6-9,12H2,(H,19,22). The van der Waals surface area contributed by atoms with Crippen LogP contribution in [0.3, 0.4) is 0 Å². The second-order valence-electron chi connectivity index (χ2n) is 7.12. The highest BCUT2D eigenvalue weighted by atomic mass is 32.2. The van der Waals surface area contributed by atoms with Gasteiger partial charge in [0.05, 0.1) is 12.5 Å². The van der Waals surface area contributed by atoms with E-state index in [0.29, 0.717) is 12.3 Å². The van der Waals surface area contributed by atoms with Crippen LogP contribution in [0.2, 0.25) is 0 Å². The number of nitrogens with zero attached hydrogens (tertiary/aromatic N) is 2. The number of thioether (sulfide) groups is 1. The van der Waals surface area contributed by atoms with Gasteiger partial charge in [-0.1, -0.05) is 0 Å². The topological polar surface area (TPSA) is 65.8 Å². The predicted octanol–water partition coefficient (Wildman–Crippen LogP) is 1.84. The number of rotatable bonds is 6. The van der Waals surface area contributed by atoms with E-state index < -0.39 is 0 Å². The zero-order valence-corrected chi connectivity index (χ0v) is 15.2. The van der Waals surface area contributed by atoms with E-state index in [9.17, 15) is 9.59 Å². The average Bonchev–Trinajstić information content (AvgIpc) is 3.04. The van der Waals surface area contributed by atoms with Crippen LogP contribution in [0.4, 0.5) is 0 Å². The van der Waals surface area contributed by atoms with Crippen molar-refractivity contribution in [3.63, 3.8) is 0 Å². The van der Waals surface area contributed by atoms with Crippen molar-refractivity contribution in [1.82, 2.24) is 15.1 Å². The Morgan fingerprint density at radius 2 is 2.08 bits per heavy atom. The van der Waals surface area contributed by atoms with Gasteiger partial charge in [-0.2, -0.15) is 0 Å². The third-order valence-corrected chi connectivity index (χ3v) is 6.56. The molecule has 3 fully saturated rings. The molecule has 0 radical (unpaired) electrons. The third kappa shape index (κ3) is 3.72. The minimum atomic E-state index is -0.378. The lowest BCUT2D eigenvalue weighted by Gasteiger charge is -2.28. The monoisotopic (exact) mass is 363 g/mol. The normalized spacial score (nSPS) is 27.0. The molecule has 25 heavy (non-hydrogen) atoms. The van der Waals surface area contributed by atoms with Crippen LogP contribution < -0.4 is 5.32 Å². The van der Waals surface area contributed by atoms with Gasteiger partial charge >= 0.3 is 0 Å². The van der Waals surface area contributed by atoms with E-state index >= 15 is 0 Å². The molecule has 2 atom stereocenters.